The van der Waals surface area contributed by atoms with Crippen LogP contribution in [0.1, 0.15) is 25.3 Å². The zero-order chi connectivity index (χ0) is 8.39. The minimum Gasteiger partial charge on any atom is -0.334 e. The molecule has 0 aromatic carbocycles. The molecule has 2 atom stereocenters. The van der Waals surface area contributed by atoms with Crippen molar-refractivity contribution in [3.05, 3.63) is 18.7 Å². The van der Waals surface area contributed by atoms with E-state index >= 15 is 0 Å². The molecule has 1 aromatic rings. The molecule has 0 bridgehead atoms. The second kappa shape index (κ2) is 3.27. The van der Waals surface area contributed by atoms with Gasteiger partial charge in [-0.1, -0.05) is 0 Å². The Labute approximate surface area is 72.6 Å². The molecule has 3 nitrogen and oxygen atoms in total. The van der Waals surface area contributed by atoms with Crippen LogP contribution in [0, 0.1) is 5.92 Å². The van der Waals surface area contributed by atoms with Gasteiger partial charge >= 0.3 is 0 Å². The first-order valence-electron chi connectivity index (χ1n) is 4.57. The van der Waals surface area contributed by atoms with Crippen molar-refractivity contribution in [1.82, 2.24) is 9.55 Å². The summed E-state index contributed by atoms with van der Waals surface area (Å²) < 4.78 is 2.20. The van der Waals surface area contributed by atoms with E-state index in [-0.39, 0.29) is 0 Å². The van der Waals surface area contributed by atoms with E-state index in [2.05, 4.69) is 9.55 Å². The monoisotopic (exact) mass is 165 g/mol. The highest BCUT2D eigenvalue weighted by Crippen LogP contribution is 2.33. The minimum absolute atomic E-state index is 0.654. The van der Waals surface area contributed by atoms with Gasteiger partial charge in [-0.05, 0) is 31.7 Å². The fraction of sp³-hybridized carbons (Fsp3) is 0.667. The SMILES string of the molecule is NCC1CCC(n2ccnc2)C1. The number of nitrogens with zero attached hydrogens (tertiary/aromatic N) is 2. The first-order valence-corrected chi connectivity index (χ1v) is 4.57. The number of imidazole rings is 1. The second-order valence-corrected chi connectivity index (χ2v) is 3.58. The normalized spacial score (nSPS) is 29.4. The zero-order valence-corrected chi connectivity index (χ0v) is 7.19. The molecular weight excluding hydrogens is 150 g/mol. The van der Waals surface area contributed by atoms with Crippen LogP contribution in [0.15, 0.2) is 18.7 Å². The lowest BCUT2D eigenvalue weighted by atomic mass is 10.1. The second-order valence-electron chi connectivity index (χ2n) is 3.58. The summed E-state index contributed by atoms with van der Waals surface area (Å²) in [6, 6.07) is 0.654. The predicted octanol–water partition coefficient (Wildman–Crippen LogP) is 1.18. The third kappa shape index (κ3) is 1.37. The Balaban J connectivity index is 2.00. The number of hydrogen-bond donors (Lipinski definition) is 1. The van der Waals surface area contributed by atoms with Crippen LogP contribution in [-0.4, -0.2) is 16.1 Å². The molecular formula is C9H15N3. The molecule has 1 fully saturated rings. The number of rotatable bonds is 2. The summed E-state index contributed by atoms with van der Waals surface area (Å²) >= 11 is 0. The summed E-state index contributed by atoms with van der Waals surface area (Å²) in [5, 5.41) is 0. The first kappa shape index (κ1) is 7.80. The van der Waals surface area contributed by atoms with Gasteiger partial charge in [0.25, 0.3) is 0 Å². The number of aromatic nitrogens is 2. The summed E-state index contributed by atoms with van der Waals surface area (Å²) in [6.07, 6.45) is 9.56. The van der Waals surface area contributed by atoms with Crippen molar-refractivity contribution in [1.29, 1.82) is 0 Å². The molecule has 1 saturated carbocycles. The van der Waals surface area contributed by atoms with Crippen molar-refractivity contribution < 1.29 is 0 Å². The van der Waals surface area contributed by atoms with Crippen LogP contribution in [0.25, 0.3) is 0 Å². The number of nitrogens with two attached hydrogens (primary N) is 1. The average Bonchev–Trinajstić information content (AvgIpc) is 2.75. The molecule has 66 valence electrons. The maximum atomic E-state index is 5.62. The first-order chi connectivity index (χ1) is 5.90. The quantitative estimate of drug-likeness (QED) is 0.715. The van der Waals surface area contributed by atoms with Gasteiger partial charge in [0, 0.05) is 18.4 Å². The fourth-order valence-corrected chi connectivity index (χ4v) is 2.02. The van der Waals surface area contributed by atoms with E-state index in [1.54, 1.807) is 0 Å². The topological polar surface area (TPSA) is 43.8 Å². The molecule has 2 N–H and O–H groups in total. The van der Waals surface area contributed by atoms with Crippen LogP contribution in [-0.2, 0) is 0 Å². The molecule has 3 heteroatoms. The van der Waals surface area contributed by atoms with E-state index in [0.29, 0.717) is 6.04 Å². The van der Waals surface area contributed by atoms with E-state index in [1.165, 1.54) is 19.3 Å². The standard InChI is InChI=1S/C9H15N3/c10-6-8-1-2-9(5-8)12-4-3-11-7-12/h3-4,7-9H,1-2,5-6,10H2. The summed E-state index contributed by atoms with van der Waals surface area (Å²) in [6.45, 7) is 0.838. The molecule has 0 spiro atoms. The Morgan fingerprint density at radius 2 is 2.42 bits per heavy atom. The van der Waals surface area contributed by atoms with E-state index in [4.69, 9.17) is 5.73 Å². The summed E-state index contributed by atoms with van der Waals surface area (Å²) in [5.41, 5.74) is 5.62. The van der Waals surface area contributed by atoms with Gasteiger partial charge in [-0.15, -0.1) is 0 Å². The molecule has 0 aliphatic heterocycles. The van der Waals surface area contributed by atoms with Crippen molar-refractivity contribution >= 4 is 0 Å². The smallest absolute Gasteiger partial charge is 0.0948 e. The lowest BCUT2D eigenvalue weighted by molar-refractivity contribution is 0.481. The molecule has 1 heterocycles. The van der Waals surface area contributed by atoms with Crippen molar-refractivity contribution in [2.45, 2.75) is 25.3 Å². The van der Waals surface area contributed by atoms with Gasteiger partial charge in [0.05, 0.1) is 6.33 Å². The summed E-state index contributed by atoms with van der Waals surface area (Å²) in [7, 11) is 0. The van der Waals surface area contributed by atoms with Gasteiger partial charge in [-0.3, -0.25) is 0 Å². The highest BCUT2D eigenvalue weighted by molar-refractivity contribution is 4.86. The van der Waals surface area contributed by atoms with Crippen LogP contribution < -0.4 is 5.73 Å². The van der Waals surface area contributed by atoms with E-state index in [0.717, 1.165) is 12.5 Å². The van der Waals surface area contributed by atoms with Gasteiger partial charge in [0.1, 0.15) is 0 Å². The molecule has 0 radical (unpaired) electrons. The maximum absolute atomic E-state index is 5.62. The Hall–Kier alpha value is -0.830. The number of hydrogen-bond acceptors (Lipinski definition) is 2. The lowest BCUT2D eigenvalue weighted by Gasteiger charge is -2.10. The van der Waals surface area contributed by atoms with E-state index in [9.17, 15) is 0 Å². The van der Waals surface area contributed by atoms with Crippen LogP contribution in [0.5, 0.6) is 0 Å². The van der Waals surface area contributed by atoms with Gasteiger partial charge in [-0.25, -0.2) is 4.98 Å². The van der Waals surface area contributed by atoms with E-state index < -0.39 is 0 Å². The van der Waals surface area contributed by atoms with Crippen molar-refractivity contribution in [2.24, 2.45) is 11.7 Å². The van der Waals surface area contributed by atoms with E-state index in [1.807, 2.05) is 18.7 Å². The maximum Gasteiger partial charge on any atom is 0.0948 e. The van der Waals surface area contributed by atoms with Crippen LogP contribution in [0.3, 0.4) is 0 Å². The molecule has 0 saturated heterocycles. The van der Waals surface area contributed by atoms with Crippen molar-refractivity contribution in [3.8, 4) is 0 Å². The Morgan fingerprint density at radius 1 is 1.50 bits per heavy atom. The molecule has 2 rings (SSSR count). The third-order valence-electron chi connectivity index (χ3n) is 2.79. The average molecular weight is 165 g/mol. The third-order valence-corrected chi connectivity index (χ3v) is 2.79. The van der Waals surface area contributed by atoms with Crippen molar-refractivity contribution in [2.75, 3.05) is 6.54 Å². The van der Waals surface area contributed by atoms with Crippen LogP contribution in [0.4, 0.5) is 0 Å². The van der Waals surface area contributed by atoms with Gasteiger partial charge in [-0.2, -0.15) is 0 Å². The zero-order valence-electron chi connectivity index (χ0n) is 7.19. The predicted molar refractivity (Wildman–Crippen MR) is 47.7 cm³/mol. The van der Waals surface area contributed by atoms with Crippen LogP contribution >= 0.6 is 0 Å². The van der Waals surface area contributed by atoms with Crippen LogP contribution in [0.2, 0.25) is 0 Å². The summed E-state index contributed by atoms with van der Waals surface area (Å²) in [5.74, 6) is 0.734. The molecule has 1 aliphatic carbocycles. The fourth-order valence-electron chi connectivity index (χ4n) is 2.02. The van der Waals surface area contributed by atoms with Crippen molar-refractivity contribution in [3.63, 3.8) is 0 Å². The highest BCUT2D eigenvalue weighted by Gasteiger charge is 2.24. The van der Waals surface area contributed by atoms with Gasteiger partial charge in [0.15, 0.2) is 0 Å². The van der Waals surface area contributed by atoms with Gasteiger partial charge < -0.3 is 10.3 Å². The van der Waals surface area contributed by atoms with Gasteiger partial charge in [0.2, 0.25) is 0 Å². The molecule has 2 unspecified atom stereocenters. The lowest BCUT2D eigenvalue weighted by Crippen LogP contribution is -2.11. The largest absolute Gasteiger partial charge is 0.334 e. The molecule has 12 heavy (non-hydrogen) atoms. The summed E-state index contributed by atoms with van der Waals surface area (Å²) in [4.78, 5) is 4.05. The Morgan fingerprint density at radius 3 is 3.00 bits per heavy atom. The molecule has 1 aromatic heterocycles. The molecule has 1 aliphatic rings. The minimum atomic E-state index is 0.654. The Kier molecular flexibility index (Phi) is 2.13. The molecule has 0 amide bonds. The highest BCUT2D eigenvalue weighted by atomic mass is 15.1. The Bertz CT molecular complexity index is 230.